The Kier molecular flexibility index (Phi) is 3.60. The van der Waals surface area contributed by atoms with Crippen molar-refractivity contribution in [3.8, 4) is 0 Å². The number of thiazole rings is 1. The molecule has 0 spiro atoms. The third-order valence-corrected chi connectivity index (χ3v) is 5.77. The van der Waals surface area contributed by atoms with Gasteiger partial charge in [0, 0.05) is 27.9 Å². The number of fused-ring (bicyclic) bond motifs is 1. The van der Waals surface area contributed by atoms with Crippen molar-refractivity contribution in [2.45, 2.75) is 37.4 Å². The molecule has 108 valence electrons. The molecule has 2 heterocycles. The van der Waals surface area contributed by atoms with Gasteiger partial charge in [0.25, 0.3) is 0 Å². The molecule has 2 aromatic heterocycles. The van der Waals surface area contributed by atoms with Crippen molar-refractivity contribution in [1.29, 1.82) is 0 Å². The highest BCUT2D eigenvalue weighted by Crippen LogP contribution is 2.43. The maximum Gasteiger partial charge on any atom is 0.443 e. The highest BCUT2D eigenvalue weighted by atomic mass is 32.1. The number of hydrogen-bond donors (Lipinski definition) is 1. The lowest BCUT2D eigenvalue weighted by Gasteiger charge is -2.27. The second kappa shape index (κ2) is 5.13. The molecular formula is C13H13F3N2S2. The van der Waals surface area contributed by atoms with Gasteiger partial charge < -0.3 is 5.73 Å². The topological polar surface area (TPSA) is 38.9 Å². The second-order valence-electron chi connectivity index (χ2n) is 4.89. The van der Waals surface area contributed by atoms with Crippen LogP contribution in [-0.4, -0.2) is 4.98 Å². The number of nitrogens with two attached hydrogens (primary N) is 1. The zero-order chi connectivity index (χ0) is 14.3. The quantitative estimate of drug-likeness (QED) is 0.894. The van der Waals surface area contributed by atoms with Crippen LogP contribution in [0, 0.1) is 0 Å². The number of alkyl halides is 3. The molecule has 1 aliphatic rings. The molecule has 0 saturated carbocycles. The van der Waals surface area contributed by atoms with Crippen LogP contribution in [0.2, 0.25) is 0 Å². The van der Waals surface area contributed by atoms with Crippen LogP contribution >= 0.6 is 22.7 Å². The summed E-state index contributed by atoms with van der Waals surface area (Å²) in [5.41, 5.74) is 7.41. The van der Waals surface area contributed by atoms with Gasteiger partial charge in [0.15, 0.2) is 5.01 Å². The van der Waals surface area contributed by atoms with Crippen molar-refractivity contribution in [3.63, 3.8) is 0 Å². The van der Waals surface area contributed by atoms with Crippen LogP contribution in [0.25, 0.3) is 0 Å². The van der Waals surface area contributed by atoms with Crippen LogP contribution in [0.3, 0.4) is 0 Å². The number of thiophene rings is 1. The lowest BCUT2D eigenvalue weighted by atomic mass is 9.82. The fraction of sp³-hybridized carbons (Fsp3) is 0.462. The Morgan fingerprint density at radius 2 is 2.20 bits per heavy atom. The Labute approximate surface area is 122 Å². The molecule has 0 fully saturated rings. The van der Waals surface area contributed by atoms with Gasteiger partial charge in [-0.05, 0) is 36.3 Å². The Bertz CT molecular complexity index is 603. The molecule has 2 N–H and O–H groups in total. The van der Waals surface area contributed by atoms with E-state index in [0.29, 0.717) is 16.2 Å². The van der Waals surface area contributed by atoms with Crippen LogP contribution in [0.15, 0.2) is 17.6 Å². The molecule has 7 heteroatoms. The van der Waals surface area contributed by atoms with E-state index in [9.17, 15) is 13.2 Å². The number of nitrogens with zero attached hydrogens (tertiary/aromatic N) is 1. The van der Waals surface area contributed by atoms with E-state index in [1.54, 1.807) is 11.3 Å². The predicted molar refractivity (Wildman–Crippen MR) is 74.0 cm³/mol. The van der Waals surface area contributed by atoms with E-state index in [-0.39, 0.29) is 5.92 Å². The van der Waals surface area contributed by atoms with Gasteiger partial charge in [-0.1, -0.05) is 0 Å². The molecule has 0 aliphatic heterocycles. The number of rotatable bonds is 2. The maximum absolute atomic E-state index is 12.6. The maximum atomic E-state index is 12.6. The molecule has 1 aliphatic carbocycles. The van der Waals surface area contributed by atoms with Gasteiger partial charge in [-0.25, -0.2) is 4.98 Å². The molecule has 0 aromatic carbocycles. The molecule has 2 aromatic rings. The van der Waals surface area contributed by atoms with E-state index >= 15 is 0 Å². The van der Waals surface area contributed by atoms with Crippen molar-refractivity contribution >= 4 is 22.7 Å². The number of aromatic nitrogens is 1. The molecule has 0 saturated heterocycles. The van der Waals surface area contributed by atoms with Gasteiger partial charge in [0.05, 0.1) is 0 Å². The smallest absolute Gasteiger partial charge is 0.323 e. The zero-order valence-electron chi connectivity index (χ0n) is 10.5. The largest absolute Gasteiger partial charge is 0.443 e. The van der Waals surface area contributed by atoms with Crippen molar-refractivity contribution in [3.05, 3.63) is 38.0 Å². The van der Waals surface area contributed by atoms with Gasteiger partial charge in [-0.2, -0.15) is 13.2 Å². The van der Waals surface area contributed by atoms with E-state index in [2.05, 4.69) is 11.1 Å². The summed E-state index contributed by atoms with van der Waals surface area (Å²) in [6.45, 7) is 0. The summed E-state index contributed by atoms with van der Waals surface area (Å²) in [6, 6.07) is 1.65. The van der Waals surface area contributed by atoms with E-state index in [1.165, 1.54) is 16.6 Å². The third-order valence-electron chi connectivity index (χ3n) is 3.63. The van der Waals surface area contributed by atoms with Gasteiger partial charge in [0.1, 0.15) is 0 Å². The van der Waals surface area contributed by atoms with Crippen molar-refractivity contribution in [2.24, 2.45) is 5.73 Å². The average Bonchev–Trinajstić information content (AvgIpc) is 3.05. The van der Waals surface area contributed by atoms with Gasteiger partial charge >= 0.3 is 6.18 Å². The number of aryl methyl sites for hydroxylation is 1. The van der Waals surface area contributed by atoms with Crippen LogP contribution in [-0.2, 0) is 12.6 Å². The monoisotopic (exact) mass is 318 g/mol. The van der Waals surface area contributed by atoms with Crippen molar-refractivity contribution in [1.82, 2.24) is 4.98 Å². The lowest BCUT2D eigenvalue weighted by Crippen LogP contribution is -2.21. The summed E-state index contributed by atoms with van der Waals surface area (Å²) in [5.74, 6) is 0.103. The standard InChI is InChI=1S/C13H13F3N2S2/c14-13(15,16)12-18-6-10(20-12)11(17)8-2-1-3-9-7(8)4-5-19-9/h4-6,8,11H,1-3,17H2. The first-order chi connectivity index (χ1) is 9.47. The highest BCUT2D eigenvalue weighted by Gasteiger charge is 2.36. The van der Waals surface area contributed by atoms with Crippen LogP contribution in [0.5, 0.6) is 0 Å². The first-order valence-corrected chi connectivity index (χ1v) is 8.01. The van der Waals surface area contributed by atoms with Crippen molar-refractivity contribution in [2.75, 3.05) is 0 Å². The molecule has 0 amide bonds. The van der Waals surface area contributed by atoms with Crippen LogP contribution < -0.4 is 5.73 Å². The first kappa shape index (κ1) is 14.0. The molecule has 2 atom stereocenters. The number of halogens is 3. The highest BCUT2D eigenvalue weighted by molar-refractivity contribution is 7.11. The molecule has 0 bridgehead atoms. The molecule has 0 radical (unpaired) electrons. The van der Waals surface area contributed by atoms with Gasteiger partial charge in [0.2, 0.25) is 0 Å². The Morgan fingerprint density at radius 1 is 1.40 bits per heavy atom. The van der Waals surface area contributed by atoms with E-state index in [1.807, 2.05) is 5.38 Å². The van der Waals surface area contributed by atoms with Crippen LogP contribution in [0.4, 0.5) is 13.2 Å². The molecule has 2 unspecified atom stereocenters. The minimum Gasteiger partial charge on any atom is -0.323 e. The fourth-order valence-corrected chi connectivity index (χ4v) is 4.51. The van der Waals surface area contributed by atoms with Crippen LogP contribution in [0.1, 0.15) is 45.1 Å². The average molecular weight is 318 g/mol. The third kappa shape index (κ3) is 2.49. The Hall–Kier alpha value is -0.920. The first-order valence-electron chi connectivity index (χ1n) is 6.31. The summed E-state index contributed by atoms with van der Waals surface area (Å²) in [4.78, 5) is 5.30. The SMILES string of the molecule is NC(c1cnc(C(F)(F)F)s1)C1CCCc2sccc21. The summed E-state index contributed by atoms with van der Waals surface area (Å²) in [5, 5.41) is 1.22. The number of hydrogen-bond acceptors (Lipinski definition) is 4. The molecule has 20 heavy (non-hydrogen) atoms. The van der Waals surface area contributed by atoms with E-state index in [0.717, 1.165) is 19.3 Å². The fourth-order valence-electron chi connectivity index (χ4n) is 2.67. The van der Waals surface area contributed by atoms with E-state index < -0.39 is 17.2 Å². The second-order valence-corrected chi connectivity index (χ2v) is 6.95. The summed E-state index contributed by atoms with van der Waals surface area (Å²) in [7, 11) is 0. The Morgan fingerprint density at radius 3 is 2.90 bits per heavy atom. The predicted octanol–water partition coefficient (Wildman–Crippen LogP) is 4.34. The van der Waals surface area contributed by atoms with E-state index in [4.69, 9.17) is 5.73 Å². The normalized spacial score (nSPS) is 20.7. The van der Waals surface area contributed by atoms with Gasteiger partial charge in [-0.3, -0.25) is 0 Å². The summed E-state index contributed by atoms with van der Waals surface area (Å²) < 4.78 is 37.8. The minimum absolute atomic E-state index is 0.103. The Balaban J connectivity index is 1.87. The minimum atomic E-state index is -4.39. The summed E-state index contributed by atoms with van der Waals surface area (Å²) >= 11 is 2.36. The van der Waals surface area contributed by atoms with Crippen molar-refractivity contribution < 1.29 is 13.2 Å². The molecule has 3 rings (SSSR count). The summed E-state index contributed by atoms with van der Waals surface area (Å²) in [6.07, 6.45) is -0.102. The molecule has 2 nitrogen and oxygen atoms in total. The molecular weight excluding hydrogens is 305 g/mol. The lowest BCUT2D eigenvalue weighted by molar-refractivity contribution is -0.137. The van der Waals surface area contributed by atoms with Gasteiger partial charge in [-0.15, -0.1) is 22.7 Å². The zero-order valence-corrected chi connectivity index (χ0v) is 12.1.